The van der Waals surface area contributed by atoms with Crippen molar-refractivity contribution in [1.29, 1.82) is 0 Å². The first-order valence-electron chi connectivity index (χ1n) is 7.12. The lowest BCUT2D eigenvalue weighted by molar-refractivity contribution is 0.493. The van der Waals surface area contributed by atoms with E-state index < -0.39 is 0 Å². The molecule has 3 rings (SSSR count). The molecule has 0 aliphatic heterocycles. The highest BCUT2D eigenvalue weighted by Gasteiger charge is 2.09. The molecule has 0 saturated heterocycles. The first kappa shape index (κ1) is 16.8. The summed E-state index contributed by atoms with van der Waals surface area (Å²) in [5, 5.41) is 4.13. The Kier molecular flexibility index (Phi) is 5.59. The molecule has 1 heterocycles. The van der Waals surface area contributed by atoms with Gasteiger partial charge in [-0.05, 0) is 57.9 Å². The lowest BCUT2D eigenvalue weighted by Crippen LogP contribution is -2.12. The predicted molar refractivity (Wildman–Crippen MR) is 102 cm³/mol. The van der Waals surface area contributed by atoms with Crippen molar-refractivity contribution in [2.75, 3.05) is 0 Å². The fourth-order valence-corrected chi connectivity index (χ4v) is 3.71. The molecule has 1 aromatic heterocycles. The van der Waals surface area contributed by atoms with E-state index in [-0.39, 0.29) is 0 Å². The van der Waals surface area contributed by atoms with Gasteiger partial charge in [-0.15, -0.1) is 0 Å². The molecule has 0 bridgehead atoms. The second-order valence-electron chi connectivity index (χ2n) is 5.09. The quantitative estimate of drug-likeness (QED) is 0.481. The van der Waals surface area contributed by atoms with E-state index in [0.717, 1.165) is 36.6 Å². The summed E-state index contributed by atoms with van der Waals surface area (Å²) in [6.07, 6.45) is 0. The first-order chi connectivity index (χ1) is 11.1. The van der Waals surface area contributed by atoms with Gasteiger partial charge in [0.2, 0.25) is 0 Å². The molecule has 2 nitrogen and oxygen atoms in total. The maximum Gasteiger partial charge on any atom is 0.135 e. The Bertz CT molecular complexity index is 816. The minimum atomic E-state index is 0.652. The number of nitrogens with one attached hydrogen (secondary N) is 1. The predicted octanol–water partition coefficient (Wildman–Crippen LogP) is 6.41. The van der Waals surface area contributed by atoms with Crippen LogP contribution in [0.5, 0.6) is 0 Å². The molecule has 5 heteroatoms. The highest BCUT2D eigenvalue weighted by molar-refractivity contribution is 9.11. The fourth-order valence-electron chi connectivity index (χ4n) is 2.27. The Hall–Kier alpha value is -1.07. The summed E-state index contributed by atoms with van der Waals surface area (Å²) in [4.78, 5) is 0. The molecule has 0 aliphatic carbocycles. The summed E-state index contributed by atoms with van der Waals surface area (Å²) in [6.45, 7) is 1.36. The number of hydrogen-bond donors (Lipinski definition) is 1. The van der Waals surface area contributed by atoms with Crippen LogP contribution in [0.15, 0.2) is 68.0 Å². The van der Waals surface area contributed by atoms with E-state index in [1.807, 2.05) is 54.6 Å². The Labute approximate surface area is 157 Å². The fraction of sp³-hybridized carbons (Fsp3) is 0.111. The van der Waals surface area contributed by atoms with Crippen LogP contribution in [0.4, 0.5) is 0 Å². The van der Waals surface area contributed by atoms with E-state index in [4.69, 9.17) is 16.0 Å². The van der Waals surface area contributed by atoms with Crippen molar-refractivity contribution >= 4 is 43.5 Å². The van der Waals surface area contributed by atoms with Crippen molar-refractivity contribution in [2.24, 2.45) is 0 Å². The van der Waals surface area contributed by atoms with E-state index in [2.05, 4.69) is 37.2 Å². The number of halogens is 3. The zero-order chi connectivity index (χ0) is 16.2. The largest absolute Gasteiger partial charge is 0.460 e. The molecule has 0 aliphatic rings. The Morgan fingerprint density at radius 1 is 0.957 bits per heavy atom. The normalized spacial score (nSPS) is 10.9. The van der Waals surface area contributed by atoms with Gasteiger partial charge in [0.1, 0.15) is 11.5 Å². The van der Waals surface area contributed by atoms with Crippen LogP contribution in [-0.4, -0.2) is 0 Å². The summed E-state index contributed by atoms with van der Waals surface area (Å²) < 4.78 is 7.94. The van der Waals surface area contributed by atoms with E-state index in [0.29, 0.717) is 13.1 Å². The molecule has 118 valence electrons. The highest BCUT2D eigenvalue weighted by Crippen LogP contribution is 2.31. The van der Waals surface area contributed by atoms with E-state index in [1.54, 1.807) is 0 Å². The Morgan fingerprint density at radius 3 is 2.57 bits per heavy atom. The van der Waals surface area contributed by atoms with Crippen LogP contribution < -0.4 is 5.32 Å². The van der Waals surface area contributed by atoms with Gasteiger partial charge in [-0.3, -0.25) is 0 Å². The van der Waals surface area contributed by atoms with E-state index in [9.17, 15) is 0 Å². The number of rotatable bonds is 5. The first-order valence-corrected chi connectivity index (χ1v) is 9.08. The second-order valence-corrected chi connectivity index (χ2v) is 7.26. The SMILES string of the molecule is Clc1ccccc1CNCc1ccc(-c2ccc(Br)cc2Br)o1. The molecule has 1 N–H and O–H groups in total. The van der Waals surface area contributed by atoms with Gasteiger partial charge in [0.05, 0.1) is 6.54 Å². The second kappa shape index (κ2) is 7.67. The van der Waals surface area contributed by atoms with Crippen LogP contribution in [-0.2, 0) is 13.1 Å². The highest BCUT2D eigenvalue weighted by atomic mass is 79.9. The molecule has 0 radical (unpaired) electrons. The van der Waals surface area contributed by atoms with Gasteiger partial charge in [0.15, 0.2) is 0 Å². The third-order valence-electron chi connectivity index (χ3n) is 3.43. The standard InChI is InChI=1S/C18H14Br2ClNO/c19-13-5-7-15(16(20)9-13)18-8-6-14(23-18)11-22-10-12-3-1-2-4-17(12)21/h1-9,22H,10-11H2. The average molecular weight is 456 g/mol. The molecule has 0 fully saturated rings. The van der Waals surface area contributed by atoms with Crippen molar-refractivity contribution in [3.63, 3.8) is 0 Å². The number of furan rings is 1. The summed E-state index contributed by atoms with van der Waals surface area (Å²) in [5.41, 5.74) is 2.11. The monoisotopic (exact) mass is 453 g/mol. The molecule has 3 aromatic rings. The average Bonchev–Trinajstić information content (AvgIpc) is 2.98. The summed E-state index contributed by atoms with van der Waals surface area (Å²) >= 11 is 13.2. The van der Waals surface area contributed by atoms with Crippen molar-refractivity contribution < 1.29 is 4.42 Å². The lowest BCUT2D eigenvalue weighted by atomic mass is 10.2. The van der Waals surface area contributed by atoms with Crippen LogP contribution in [0.1, 0.15) is 11.3 Å². The van der Waals surface area contributed by atoms with Crippen LogP contribution in [0, 0.1) is 0 Å². The molecule has 0 unspecified atom stereocenters. The summed E-state index contributed by atoms with van der Waals surface area (Å²) in [7, 11) is 0. The zero-order valence-electron chi connectivity index (χ0n) is 12.2. The molecule has 0 saturated carbocycles. The van der Waals surface area contributed by atoms with Crippen molar-refractivity contribution in [2.45, 2.75) is 13.1 Å². The van der Waals surface area contributed by atoms with E-state index in [1.165, 1.54) is 0 Å². The van der Waals surface area contributed by atoms with Gasteiger partial charge in [0, 0.05) is 26.1 Å². The molecule has 23 heavy (non-hydrogen) atoms. The van der Waals surface area contributed by atoms with Crippen LogP contribution in [0.3, 0.4) is 0 Å². The van der Waals surface area contributed by atoms with Gasteiger partial charge in [-0.1, -0.05) is 45.7 Å². The molecule has 0 amide bonds. The Balaban J connectivity index is 1.65. The van der Waals surface area contributed by atoms with Crippen molar-refractivity contribution in [3.05, 3.63) is 79.9 Å². The van der Waals surface area contributed by atoms with Gasteiger partial charge >= 0.3 is 0 Å². The molecule has 2 aromatic carbocycles. The third kappa shape index (κ3) is 4.27. The maximum atomic E-state index is 6.15. The molecular formula is C18H14Br2ClNO. The van der Waals surface area contributed by atoms with Crippen LogP contribution >= 0.6 is 43.5 Å². The van der Waals surface area contributed by atoms with Crippen LogP contribution in [0.25, 0.3) is 11.3 Å². The summed E-state index contributed by atoms with van der Waals surface area (Å²) in [6, 6.07) is 17.8. The van der Waals surface area contributed by atoms with E-state index >= 15 is 0 Å². The van der Waals surface area contributed by atoms with Gasteiger partial charge < -0.3 is 9.73 Å². The maximum absolute atomic E-state index is 6.15. The molecule has 0 spiro atoms. The molecule has 0 atom stereocenters. The van der Waals surface area contributed by atoms with Gasteiger partial charge in [0.25, 0.3) is 0 Å². The van der Waals surface area contributed by atoms with Gasteiger partial charge in [-0.25, -0.2) is 0 Å². The minimum absolute atomic E-state index is 0.652. The lowest BCUT2D eigenvalue weighted by Gasteiger charge is -2.05. The summed E-state index contributed by atoms with van der Waals surface area (Å²) in [5.74, 6) is 1.74. The topological polar surface area (TPSA) is 25.2 Å². The van der Waals surface area contributed by atoms with Crippen molar-refractivity contribution in [3.8, 4) is 11.3 Å². The number of benzene rings is 2. The van der Waals surface area contributed by atoms with Crippen LogP contribution in [0.2, 0.25) is 5.02 Å². The molecular weight excluding hydrogens is 441 g/mol. The zero-order valence-corrected chi connectivity index (χ0v) is 16.1. The number of hydrogen-bond acceptors (Lipinski definition) is 2. The Morgan fingerprint density at radius 2 is 1.78 bits per heavy atom. The third-order valence-corrected chi connectivity index (χ3v) is 4.95. The minimum Gasteiger partial charge on any atom is -0.460 e. The smallest absolute Gasteiger partial charge is 0.135 e. The van der Waals surface area contributed by atoms with Gasteiger partial charge in [-0.2, -0.15) is 0 Å². The van der Waals surface area contributed by atoms with Crippen molar-refractivity contribution in [1.82, 2.24) is 5.32 Å².